The van der Waals surface area contributed by atoms with Crippen LogP contribution in [0.15, 0.2) is 0 Å². The van der Waals surface area contributed by atoms with Crippen LogP contribution in [0.3, 0.4) is 0 Å². The molecule has 2 rings (SSSR count). The number of carbonyl (C=O) groups is 1. The fourth-order valence-electron chi connectivity index (χ4n) is 2.90. The van der Waals surface area contributed by atoms with Crippen LogP contribution >= 0.6 is 12.4 Å². The Balaban J connectivity index is 0.00000180. The van der Waals surface area contributed by atoms with E-state index >= 15 is 0 Å². The summed E-state index contributed by atoms with van der Waals surface area (Å²) in [5, 5.41) is 3.39. The van der Waals surface area contributed by atoms with E-state index in [9.17, 15) is 4.79 Å². The Morgan fingerprint density at radius 3 is 2.79 bits per heavy atom. The molecule has 5 heteroatoms. The highest BCUT2D eigenvalue weighted by Crippen LogP contribution is 2.18. The molecule has 2 aliphatic heterocycles. The number of halogens is 1. The Hall–Kier alpha value is -0.320. The van der Waals surface area contributed by atoms with Crippen LogP contribution in [-0.4, -0.2) is 49.7 Å². The van der Waals surface area contributed by atoms with E-state index in [1.807, 2.05) is 11.9 Å². The maximum Gasteiger partial charge on any atom is 0.225 e. The number of carbonyl (C=O) groups excluding carboxylic acids is 1. The van der Waals surface area contributed by atoms with Crippen LogP contribution in [0.1, 0.15) is 44.9 Å². The minimum atomic E-state index is 0. The van der Waals surface area contributed by atoms with Gasteiger partial charge in [0.25, 0.3) is 0 Å². The predicted octanol–water partition coefficient (Wildman–Crippen LogP) is 1.97. The first kappa shape index (κ1) is 16.7. The number of amides is 1. The topological polar surface area (TPSA) is 41.6 Å². The van der Waals surface area contributed by atoms with Crippen molar-refractivity contribution in [2.24, 2.45) is 0 Å². The highest BCUT2D eigenvalue weighted by Gasteiger charge is 2.24. The van der Waals surface area contributed by atoms with Gasteiger partial charge in [-0.05, 0) is 51.6 Å². The average molecular weight is 291 g/mol. The lowest BCUT2D eigenvalue weighted by atomic mass is 10.0. The van der Waals surface area contributed by atoms with Crippen molar-refractivity contribution in [2.45, 2.75) is 57.1 Å². The summed E-state index contributed by atoms with van der Waals surface area (Å²) in [6.45, 7) is 2.95. The molecule has 2 atom stereocenters. The van der Waals surface area contributed by atoms with Gasteiger partial charge in [0.15, 0.2) is 0 Å². The van der Waals surface area contributed by atoms with Crippen molar-refractivity contribution in [3.05, 3.63) is 0 Å². The maximum atomic E-state index is 12.2. The van der Waals surface area contributed by atoms with E-state index in [-0.39, 0.29) is 24.4 Å². The van der Waals surface area contributed by atoms with Gasteiger partial charge in [-0.3, -0.25) is 4.79 Å². The molecular formula is C14H27ClN2O2. The lowest BCUT2D eigenvalue weighted by Crippen LogP contribution is -2.39. The largest absolute Gasteiger partial charge is 0.378 e. The summed E-state index contributed by atoms with van der Waals surface area (Å²) in [6, 6.07) is 0.413. The zero-order chi connectivity index (χ0) is 12.8. The molecule has 2 fully saturated rings. The van der Waals surface area contributed by atoms with E-state index in [0.29, 0.717) is 12.5 Å². The summed E-state index contributed by atoms with van der Waals surface area (Å²) < 4.78 is 5.65. The van der Waals surface area contributed by atoms with Crippen molar-refractivity contribution in [1.29, 1.82) is 0 Å². The highest BCUT2D eigenvalue weighted by atomic mass is 35.5. The maximum absolute atomic E-state index is 12.2. The monoisotopic (exact) mass is 290 g/mol. The van der Waals surface area contributed by atoms with Crippen molar-refractivity contribution in [2.75, 3.05) is 26.7 Å². The van der Waals surface area contributed by atoms with E-state index in [1.165, 1.54) is 12.8 Å². The Morgan fingerprint density at radius 1 is 1.21 bits per heavy atom. The number of rotatable bonds is 3. The molecule has 0 bridgehead atoms. The Kier molecular flexibility index (Phi) is 7.73. The van der Waals surface area contributed by atoms with E-state index in [4.69, 9.17) is 4.74 Å². The Morgan fingerprint density at radius 2 is 2.05 bits per heavy atom. The average Bonchev–Trinajstić information content (AvgIpc) is 2.68. The third-order valence-corrected chi connectivity index (χ3v) is 4.16. The van der Waals surface area contributed by atoms with E-state index < -0.39 is 0 Å². The molecule has 0 radical (unpaired) electrons. The van der Waals surface area contributed by atoms with Crippen molar-refractivity contribution in [3.63, 3.8) is 0 Å². The molecule has 0 saturated carbocycles. The first-order valence-electron chi connectivity index (χ1n) is 7.35. The number of ether oxygens (including phenoxy) is 1. The number of nitrogens with zero attached hydrogens (tertiary/aromatic N) is 1. The molecule has 0 spiro atoms. The molecule has 2 aliphatic rings. The van der Waals surface area contributed by atoms with Crippen LogP contribution in [0.2, 0.25) is 0 Å². The zero-order valence-corrected chi connectivity index (χ0v) is 12.7. The van der Waals surface area contributed by atoms with Crippen molar-refractivity contribution < 1.29 is 9.53 Å². The zero-order valence-electron chi connectivity index (χ0n) is 11.9. The quantitative estimate of drug-likeness (QED) is 0.864. The van der Waals surface area contributed by atoms with Crippen LogP contribution in [0.5, 0.6) is 0 Å². The molecule has 2 heterocycles. The summed E-state index contributed by atoms with van der Waals surface area (Å²) in [5.74, 6) is 0.258. The predicted molar refractivity (Wildman–Crippen MR) is 78.7 cm³/mol. The van der Waals surface area contributed by atoms with Gasteiger partial charge in [0.05, 0.1) is 12.5 Å². The second-order valence-electron chi connectivity index (χ2n) is 5.53. The molecule has 2 unspecified atom stereocenters. The van der Waals surface area contributed by atoms with Gasteiger partial charge in [-0.15, -0.1) is 12.4 Å². The molecule has 112 valence electrons. The molecule has 1 amide bonds. The van der Waals surface area contributed by atoms with Gasteiger partial charge in [0, 0.05) is 19.7 Å². The van der Waals surface area contributed by atoms with Crippen LogP contribution < -0.4 is 5.32 Å². The van der Waals surface area contributed by atoms with Crippen molar-refractivity contribution in [1.82, 2.24) is 10.2 Å². The minimum Gasteiger partial charge on any atom is -0.378 e. The molecule has 0 aromatic rings. The molecule has 2 saturated heterocycles. The van der Waals surface area contributed by atoms with Crippen LogP contribution in [0, 0.1) is 0 Å². The third-order valence-electron chi connectivity index (χ3n) is 4.16. The van der Waals surface area contributed by atoms with Gasteiger partial charge >= 0.3 is 0 Å². The SMILES string of the molecule is CN(C(=O)CC1CCCCO1)C1CCCNCC1.Cl. The van der Waals surface area contributed by atoms with Crippen molar-refractivity contribution in [3.8, 4) is 0 Å². The smallest absolute Gasteiger partial charge is 0.225 e. The van der Waals surface area contributed by atoms with Gasteiger partial charge in [0.2, 0.25) is 5.91 Å². The summed E-state index contributed by atoms with van der Waals surface area (Å²) in [4.78, 5) is 14.2. The van der Waals surface area contributed by atoms with Gasteiger partial charge < -0.3 is 15.0 Å². The molecule has 0 aromatic heterocycles. The minimum absolute atomic E-state index is 0. The number of hydrogen-bond donors (Lipinski definition) is 1. The van der Waals surface area contributed by atoms with Crippen molar-refractivity contribution >= 4 is 18.3 Å². The standard InChI is InChI=1S/C14H26N2O2.ClH/c1-16(12-5-4-8-15-9-7-12)14(17)11-13-6-2-3-10-18-13;/h12-13,15H,2-11H2,1H3;1H. The van der Waals surface area contributed by atoms with Gasteiger partial charge in [-0.2, -0.15) is 0 Å². The van der Waals surface area contributed by atoms with Crippen LogP contribution in [0.4, 0.5) is 0 Å². The lowest BCUT2D eigenvalue weighted by Gasteiger charge is -2.30. The molecule has 1 N–H and O–H groups in total. The first-order chi connectivity index (χ1) is 8.77. The molecule has 0 aromatic carbocycles. The summed E-state index contributed by atoms with van der Waals surface area (Å²) in [6.07, 6.45) is 7.50. The molecule has 19 heavy (non-hydrogen) atoms. The lowest BCUT2D eigenvalue weighted by molar-refractivity contribution is -0.136. The Bertz CT molecular complexity index is 262. The van der Waals surface area contributed by atoms with Gasteiger partial charge in [-0.25, -0.2) is 0 Å². The first-order valence-corrected chi connectivity index (χ1v) is 7.35. The second kappa shape index (κ2) is 8.77. The fraction of sp³-hybridized carbons (Fsp3) is 0.929. The van der Waals surface area contributed by atoms with Gasteiger partial charge in [-0.1, -0.05) is 0 Å². The summed E-state index contributed by atoms with van der Waals surface area (Å²) in [5.41, 5.74) is 0. The summed E-state index contributed by atoms with van der Waals surface area (Å²) in [7, 11) is 1.96. The summed E-state index contributed by atoms with van der Waals surface area (Å²) >= 11 is 0. The third kappa shape index (κ3) is 5.28. The normalized spacial score (nSPS) is 28.1. The fourth-order valence-corrected chi connectivity index (χ4v) is 2.90. The second-order valence-corrected chi connectivity index (χ2v) is 5.53. The highest BCUT2D eigenvalue weighted by molar-refractivity contribution is 5.85. The van der Waals surface area contributed by atoms with Crippen LogP contribution in [0.25, 0.3) is 0 Å². The Labute approximate surface area is 122 Å². The number of hydrogen-bond acceptors (Lipinski definition) is 3. The molecule has 0 aliphatic carbocycles. The van der Waals surface area contributed by atoms with E-state index in [1.54, 1.807) is 0 Å². The van der Waals surface area contributed by atoms with Crippen LogP contribution in [-0.2, 0) is 9.53 Å². The molecular weight excluding hydrogens is 264 g/mol. The van der Waals surface area contributed by atoms with E-state index in [0.717, 1.165) is 45.4 Å². The molecule has 4 nitrogen and oxygen atoms in total. The van der Waals surface area contributed by atoms with Gasteiger partial charge in [0.1, 0.15) is 0 Å². The number of nitrogens with one attached hydrogen (secondary N) is 1. The van der Waals surface area contributed by atoms with E-state index in [2.05, 4.69) is 5.32 Å².